The first-order chi connectivity index (χ1) is 8.00. The van der Waals surface area contributed by atoms with E-state index >= 15 is 0 Å². The Bertz CT molecular complexity index is 506. The van der Waals surface area contributed by atoms with Crippen molar-refractivity contribution in [3.05, 3.63) is 30.6 Å². The Balaban J connectivity index is 2.47. The number of carboxylic acids is 1. The molecule has 0 aliphatic rings. The number of hydrogen-bond donors (Lipinski definition) is 2. The minimum atomic E-state index is -0.805. The van der Waals surface area contributed by atoms with Crippen LogP contribution in [-0.4, -0.2) is 20.6 Å². The van der Waals surface area contributed by atoms with E-state index in [1.807, 2.05) is 22.6 Å². The number of halogens is 1. The van der Waals surface area contributed by atoms with Crippen LogP contribution in [0.1, 0.15) is 25.7 Å². The highest BCUT2D eigenvalue weighted by atomic mass is 127. The van der Waals surface area contributed by atoms with Gasteiger partial charge < -0.3 is 5.11 Å². The zero-order valence-electron chi connectivity index (χ0n) is 9.11. The molecule has 1 aromatic rings. The number of nitrogens with zero attached hydrogens (tertiary/aromatic N) is 1. The van der Waals surface area contributed by atoms with Crippen LogP contribution in [0.4, 0.5) is 0 Å². The highest BCUT2D eigenvalue weighted by molar-refractivity contribution is 14.1. The fraction of sp³-hybridized carbons (Fsp3) is 0.500. The molecule has 6 nitrogen and oxygen atoms in total. The van der Waals surface area contributed by atoms with E-state index in [4.69, 9.17) is 5.11 Å². The third-order valence-corrected chi connectivity index (χ3v) is 3.03. The lowest BCUT2D eigenvalue weighted by molar-refractivity contribution is -0.137. The van der Waals surface area contributed by atoms with Gasteiger partial charge in [0.15, 0.2) is 0 Å². The number of aliphatic carboxylic acids is 1. The molecular weight excluding hydrogens is 339 g/mol. The molecule has 7 heteroatoms. The highest BCUT2D eigenvalue weighted by Gasteiger charge is 2.02. The Hall–Kier alpha value is -1.12. The average molecular weight is 352 g/mol. The van der Waals surface area contributed by atoms with Gasteiger partial charge in [-0.1, -0.05) is 6.42 Å². The molecule has 0 aromatic carbocycles. The molecule has 1 aromatic heterocycles. The summed E-state index contributed by atoms with van der Waals surface area (Å²) in [5, 5.41) is 8.44. The standard InChI is InChI=1S/C10H13IN2O4/c11-7-6-13(10(17)12-9(7)16)5-3-1-2-4-8(14)15/h6H,1-5H2,(H,14,15)(H,12,16,17). The molecule has 1 heterocycles. The number of aromatic amines is 1. The second kappa shape index (κ2) is 6.58. The maximum absolute atomic E-state index is 11.4. The van der Waals surface area contributed by atoms with E-state index in [0.29, 0.717) is 16.5 Å². The van der Waals surface area contributed by atoms with Crippen molar-refractivity contribution in [3.8, 4) is 0 Å². The van der Waals surface area contributed by atoms with E-state index in [-0.39, 0.29) is 12.0 Å². The molecule has 0 atom stereocenters. The number of nitrogens with one attached hydrogen (secondary N) is 1. The van der Waals surface area contributed by atoms with Gasteiger partial charge in [0.2, 0.25) is 0 Å². The van der Waals surface area contributed by atoms with Crippen molar-refractivity contribution in [2.24, 2.45) is 0 Å². The minimum Gasteiger partial charge on any atom is -0.481 e. The summed E-state index contributed by atoms with van der Waals surface area (Å²) < 4.78 is 1.90. The maximum atomic E-state index is 11.4. The van der Waals surface area contributed by atoms with Gasteiger partial charge in [-0.05, 0) is 35.4 Å². The predicted octanol–water partition coefficient (Wildman–Crippen LogP) is 0.786. The number of hydrogen-bond acceptors (Lipinski definition) is 3. The molecule has 2 N–H and O–H groups in total. The molecule has 0 amide bonds. The molecule has 17 heavy (non-hydrogen) atoms. The summed E-state index contributed by atoms with van der Waals surface area (Å²) in [6.45, 7) is 0.491. The van der Waals surface area contributed by atoms with Crippen LogP contribution in [0.3, 0.4) is 0 Å². The van der Waals surface area contributed by atoms with Crippen LogP contribution < -0.4 is 11.2 Å². The summed E-state index contributed by atoms with van der Waals surface area (Å²) in [7, 11) is 0. The summed E-state index contributed by atoms with van der Waals surface area (Å²) in [5.41, 5.74) is -0.800. The van der Waals surface area contributed by atoms with Crippen LogP contribution >= 0.6 is 22.6 Å². The second-order valence-electron chi connectivity index (χ2n) is 3.63. The van der Waals surface area contributed by atoms with E-state index in [1.54, 1.807) is 0 Å². The normalized spacial score (nSPS) is 10.4. The number of H-pyrrole nitrogens is 1. The van der Waals surface area contributed by atoms with Crippen molar-refractivity contribution < 1.29 is 9.90 Å². The molecule has 94 valence electrons. The fourth-order valence-electron chi connectivity index (χ4n) is 1.38. The van der Waals surface area contributed by atoms with Crippen molar-refractivity contribution in [3.63, 3.8) is 0 Å². The number of rotatable bonds is 6. The van der Waals surface area contributed by atoms with Gasteiger partial charge in [-0.3, -0.25) is 19.1 Å². The zero-order valence-corrected chi connectivity index (χ0v) is 11.3. The number of unbranched alkanes of at least 4 members (excludes halogenated alkanes) is 2. The number of carboxylic acid groups (broad SMARTS) is 1. The molecule has 0 spiro atoms. The second-order valence-corrected chi connectivity index (χ2v) is 4.80. The van der Waals surface area contributed by atoms with Crippen molar-refractivity contribution in [1.82, 2.24) is 9.55 Å². The van der Waals surface area contributed by atoms with E-state index in [9.17, 15) is 14.4 Å². The zero-order chi connectivity index (χ0) is 12.8. The van der Waals surface area contributed by atoms with Gasteiger partial charge in [-0.25, -0.2) is 4.79 Å². The van der Waals surface area contributed by atoms with Crippen LogP contribution in [0.25, 0.3) is 0 Å². The van der Waals surface area contributed by atoms with E-state index in [1.165, 1.54) is 10.8 Å². The smallest absolute Gasteiger partial charge is 0.328 e. The van der Waals surface area contributed by atoms with Crippen molar-refractivity contribution in [2.75, 3.05) is 0 Å². The predicted molar refractivity (Wildman–Crippen MR) is 70.1 cm³/mol. The van der Waals surface area contributed by atoms with Gasteiger partial charge in [0.05, 0.1) is 3.57 Å². The molecule has 0 saturated heterocycles. The summed E-state index contributed by atoms with van der Waals surface area (Å²) in [4.78, 5) is 35.0. The van der Waals surface area contributed by atoms with Crippen LogP contribution in [0.5, 0.6) is 0 Å². The molecule has 0 unspecified atom stereocenters. The van der Waals surface area contributed by atoms with Gasteiger partial charge in [-0.15, -0.1) is 0 Å². The lowest BCUT2D eigenvalue weighted by Gasteiger charge is -2.04. The summed E-state index contributed by atoms with van der Waals surface area (Å²) in [6, 6.07) is 0. The molecule has 0 saturated carbocycles. The van der Waals surface area contributed by atoms with Crippen LogP contribution in [-0.2, 0) is 11.3 Å². The largest absolute Gasteiger partial charge is 0.481 e. The maximum Gasteiger partial charge on any atom is 0.328 e. The van der Waals surface area contributed by atoms with Gasteiger partial charge in [0, 0.05) is 19.2 Å². The molecule has 0 radical (unpaired) electrons. The van der Waals surface area contributed by atoms with Crippen LogP contribution in [0.2, 0.25) is 0 Å². The van der Waals surface area contributed by atoms with Crippen LogP contribution in [0.15, 0.2) is 15.8 Å². The van der Waals surface area contributed by atoms with Gasteiger partial charge >= 0.3 is 11.7 Å². The average Bonchev–Trinajstić information content (AvgIpc) is 2.24. The first-order valence-electron chi connectivity index (χ1n) is 5.22. The third kappa shape index (κ3) is 4.72. The summed E-state index contributed by atoms with van der Waals surface area (Å²) >= 11 is 1.86. The first-order valence-corrected chi connectivity index (χ1v) is 6.29. The summed E-state index contributed by atoms with van der Waals surface area (Å²) in [6.07, 6.45) is 3.73. The van der Waals surface area contributed by atoms with Crippen LogP contribution in [0, 0.1) is 3.57 Å². The first kappa shape index (κ1) is 13.9. The molecular formula is C10H13IN2O4. The SMILES string of the molecule is O=C(O)CCCCCn1cc(I)c(=O)[nH]c1=O. The Kier molecular flexibility index (Phi) is 5.39. The lowest BCUT2D eigenvalue weighted by atomic mass is 10.2. The lowest BCUT2D eigenvalue weighted by Crippen LogP contribution is -2.31. The minimum absolute atomic E-state index is 0.151. The Morgan fingerprint density at radius 1 is 1.35 bits per heavy atom. The number of carbonyl (C=O) groups is 1. The topological polar surface area (TPSA) is 92.2 Å². The molecule has 1 rings (SSSR count). The molecule has 0 fully saturated rings. The van der Waals surface area contributed by atoms with Crippen molar-refractivity contribution >= 4 is 28.6 Å². The van der Waals surface area contributed by atoms with E-state index < -0.39 is 11.7 Å². The third-order valence-electron chi connectivity index (χ3n) is 2.26. The Morgan fingerprint density at radius 2 is 2.06 bits per heavy atom. The Morgan fingerprint density at radius 3 is 2.71 bits per heavy atom. The highest BCUT2D eigenvalue weighted by Crippen LogP contribution is 2.01. The van der Waals surface area contributed by atoms with Gasteiger partial charge in [-0.2, -0.15) is 0 Å². The number of aromatic nitrogens is 2. The molecule has 0 aliphatic heterocycles. The number of aryl methyl sites for hydroxylation is 1. The molecule has 0 bridgehead atoms. The Labute approximate surface area is 111 Å². The van der Waals surface area contributed by atoms with Gasteiger partial charge in [0.25, 0.3) is 5.56 Å². The molecule has 0 aliphatic carbocycles. The quantitative estimate of drug-likeness (QED) is 0.585. The monoisotopic (exact) mass is 352 g/mol. The van der Waals surface area contributed by atoms with E-state index in [0.717, 1.165) is 12.8 Å². The summed E-state index contributed by atoms with van der Waals surface area (Å²) in [5.74, 6) is -0.805. The van der Waals surface area contributed by atoms with Crippen molar-refractivity contribution in [1.29, 1.82) is 0 Å². The fourth-order valence-corrected chi connectivity index (χ4v) is 1.86. The van der Waals surface area contributed by atoms with E-state index in [2.05, 4.69) is 4.98 Å². The van der Waals surface area contributed by atoms with Crippen molar-refractivity contribution in [2.45, 2.75) is 32.2 Å². The van der Waals surface area contributed by atoms with Gasteiger partial charge in [0.1, 0.15) is 0 Å².